The van der Waals surface area contributed by atoms with Crippen LogP contribution >= 0.6 is 0 Å². The number of piperidine rings is 1. The first-order chi connectivity index (χ1) is 13.0. The number of benzene rings is 1. The van der Waals surface area contributed by atoms with E-state index in [-0.39, 0.29) is 0 Å². The number of nitrogens with zero attached hydrogens (tertiary/aromatic N) is 1. The van der Waals surface area contributed by atoms with Crippen LogP contribution in [0.25, 0.3) is 0 Å². The maximum Gasteiger partial charge on any atom is 0.223 e. The van der Waals surface area contributed by atoms with Gasteiger partial charge >= 0.3 is 0 Å². The van der Waals surface area contributed by atoms with Crippen LogP contribution in [-0.4, -0.2) is 16.8 Å². The van der Waals surface area contributed by atoms with Gasteiger partial charge in [-0.1, -0.05) is 50.6 Å². The molecule has 3 saturated carbocycles. The molecule has 2 heteroatoms. The molecular weight excluding hydrogens is 330 g/mol. The number of fused-ring (bicyclic) bond motifs is 5. The van der Waals surface area contributed by atoms with Crippen LogP contribution in [0.2, 0.25) is 0 Å². The summed E-state index contributed by atoms with van der Waals surface area (Å²) >= 11 is 0. The van der Waals surface area contributed by atoms with Crippen molar-refractivity contribution in [3.8, 4) is 0 Å². The Hall–Kier alpha value is -1.31. The van der Waals surface area contributed by atoms with Gasteiger partial charge in [0.15, 0.2) is 0 Å². The molecule has 0 spiro atoms. The van der Waals surface area contributed by atoms with Crippen LogP contribution in [0.1, 0.15) is 77.2 Å². The number of amides is 1. The number of rotatable bonds is 2. The van der Waals surface area contributed by atoms with Gasteiger partial charge in [0.2, 0.25) is 5.91 Å². The highest BCUT2D eigenvalue weighted by Gasteiger charge is 2.59. The molecule has 146 valence electrons. The molecule has 5 rings (SSSR count). The lowest BCUT2D eigenvalue weighted by Crippen LogP contribution is -2.61. The van der Waals surface area contributed by atoms with Crippen LogP contribution in [0, 0.1) is 28.6 Å². The Kier molecular flexibility index (Phi) is 4.18. The molecule has 6 atom stereocenters. The van der Waals surface area contributed by atoms with Crippen LogP contribution in [0.4, 0.5) is 0 Å². The van der Waals surface area contributed by atoms with E-state index >= 15 is 0 Å². The summed E-state index contributed by atoms with van der Waals surface area (Å²) in [6, 6.07) is 11.1. The fraction of sp³-hybridized carbons (Fsp3) is 0.720. The third-order valence-electron chi connectivity index (χ3n) is 9.37. The number of carbonyl (C=O) groups excluding carboxylic acids is 1. The highest BCUT2D eigenvalue weighted by Crippen LogP contribution is 2.64. The lowest BCUT2D eigenvalue weighted by molar-refractivity contribution is -0.161. The van der Waals surface area contributed by atoms with Gasteiger partial charge in [-0.15, -0.1) is 0 Å². The molecule has 1 unspecified atom stereocenters. The van der Waals surface area contributed by atoms with Gasteiger partial charge in [-0.05, 0) is 79.1 Å². The summed E-state index contributed by atoms with van der Waals surface area (Å²) in [5.74, 6) is 3.09. The standard InChI is InChI=1S/C25H35NO/c1-24-14-6-9-20(24)19-10-11-22-25(2,21(19)12-15-24)16-13-23(27)26(22)17-18-7-4-3-5-8-18/h3-5,7-8,19-22H,6,9-17H2,1-2H3/t19-,20-,21+,22?,24-,25+/m0/s1. The fourth-order valence-electron chi connectivity index (χ4n) is 7.97. The van der Waals surface area contributed by atoms with E-state index in [1.165, 1.54) is 50.5 Å². The SMILES string of the molecule is C[C@@]12CCC[C@H]1[C@@H]1CCC3N(Cc4ccccc4)C(=O)CC[C@]3(C)[C@@H]1CC2. The Labute approximate surface area is 164 Å². The quantitative estimate of drug-likeness (QED) is 0.647. The number of likely N-dealkylation sites (tertiary alicyclic amines) is 1. The number of hydrogen-bond acceptors (Lipinski definition) is 1. The normalized spacial score (nSPS) is 43.8. The first-order valence-electron chi connectivity index (χ1n) is 11.3. The van der Waals surface area contributed by atoms with E-state index in [1.807, 2.05) is 0 Å². The summed E-state index contributed by atoms with van der Waals surface area (Å²) in [4.78, 5) is 15.2. The zero-order chi connectivity index (χ0) is 18.6. The van der Waals surface area contributed by atoms with Gasteiger partial charge in [0, 0.05) is 19.0 Å². The predicted octanol–water partition coefficient (Wildman–Crippen LogP) is 5.81. The molecular formula is C25H35NO. The van der Waals surface area contributed by atoms with Crippen LogP contribution in [0.3, 0.4) is 0 Å². The summed E-state index contributed by atoms with van der Waals surface area (Å²) in [6.45, 7) is 5.94. The van der Waals surface area contributed by atoms with Crippen molar-refractivity contribution in [3.63, 3.8) is 0 Å². The molecule has 1 amide bonds. The van der Waals surface area contributed by atoms with Crippen molar-refractivity contribution < 1.29 is 4.79 Å². The van der Waals surface area contributed by atoms with Gasteiger partial charge in [0.05, 0.1) is 0 Å². The summed E-state index contributed by atoms with van der Waals surface area (Å²) in [6.07, 6.45) is 11.6. The molecule has 1 saturated heterocycles. The highest BCUT2D eigenvalue weighted by atomic mass is 16.2. The molecule has 0 radical (unpaired) electrons. The van der Waals surface area contributed by atoms with Crippen molar-refractivity contribution in [3.05, 3.63) is 35.9 Å². The van der Waals surface area contributed by atoms with Crippen molar-refractivity contribution in [2.45, 2.75) is 84.2 Å². The van der Waals surface area contributed by atoms with Gasteiger partial charge in [-0.2, -0.15) is 0 Å². The summed E-state index contributed by atoms with van der Waals surface area (Å²) in [5.41, 5.74) is 2.23. The topological polar surface area (TPSA) is 20.3 Å². The Morgan fingerprint density at radius 1 is 0.963 bits per heavy atom. The van der Waals surface area contributed by atoms with Gasteiger partial charge in [0.25, 0.3) is 0 Å². The second-order valence-corrected chi connectivity index (χ2v) is 10.6. The maximum absolute atomic E-state index is 12.9. The van der Waals surface area contributed by atoms with Gasteiger partial charge in [-0.3, -0.25) is 4.79 Å². The zero-order valence-electron chi connectivity index (χ0n) is 17.1. The number of hydrogen-bond donors (Lipinski definition) is 0. The smallest absolute Gasteiger partial charge is 0.223 e. The molecule has 1 heterocycles. The van der Waals surface area contributed by atoms with Crippen molar-refractivity contribution in [2.24, 2.45) is 28.6 Å². The average molecular weight is 366 g/mol. The molecule has 0 N–H and O–H groups in total. The van der Waals surface area contributed by atoms with E-state index in [9.17, 15) is 4.79 Å². The third kappa shape index (κ3) is 2.69. The van der Waals surface area contributed by atoms with Gasteiger partial charge in [0.1, 0.15) is 0 Å². The summed E-state index contributed by atoms with van der Waals surface area (Å²) in [7, 11) is 0. The van der Waals surface area contributed by atoms with E-state index in [0.29, 0.717) is 22.8 Å². The van der Waals surface area contributed by atoms with E-state index in [1.54, 1.807) is 0 Å². The Bertz CT molecular complexity index is 714. The van der Waals surface area contributed by atoms with Crippen LogP contribution in [0.5, 0.6) is 0 Å². The highest BCUT2D eigenvalue weighted by molar-refractivity contribution is 5.77. The molecule has 4 aliphatic rings. The monoisotopic (exact) mass is 365 g/mol. The Morgan fingerprint density at radius 3 is 2.59 bits per heavy atom. The predicted molar refractivity (Wildman–Crippen MR) is 109 cm³/mol. The molecule has 1 aromatic carbocycles. The summed E-state index contributed by atoms with van der Waals surface area (Å²) in [5, 5.41) is 0. The molecule has 3 aliphatic carbocycles. The van der Waals surface area contributed by atoms with E-state index in [0.717, 1.165) is 37.1 Å². The van der Waals surface area contributed by atoms with E-state index in [4.69, 9.17) is 0 Å². The lowest BCUT2D eigenvalue weighted by Gasteiger charge is -2.61. The largest absolute Gasteiger partial charge is 0.335 e. The minimum Gasteiger partial charge on any atom is -0.335 e. The summed E-state index contributed by atoms with van der Waals surface area (Å²) < 4.78 is 0. The van der Waals surface area contributed by atoms with Crippen molar-refractivity contribution in [1.29, 1.82) is 0 Å². The van der Waals surface area contributed by atoms with Gasteiger partial charge in [-0.25, -0.2) is 0 Å². The van der Waals surface area contributed by atoms with E-state index < -0.39 is 0 Å². The minimum atomic E-state index is 0.329. The van der Waals surface area contributed by atoms with E-state index in [2.05, 4.69) is 49.1 Å². The molecule has 0 bridgehead atoms. The van der Waals surface area contributed by atoms with Crippen molar-refractivity contribution in [1.82, 2.24) is 4.90 Å². The second-order valence-electron chi connectivity index (χ2n) is 10.6. The van der Waals surface area contributed by atoms with Crippen molar-refractivity contribution >= 4 is 5.91 Å². The minimum absolute atomic E-state index is 0.329. The fourth-order valence-corrected chi connectivity index (χ4v) is 7.97. The molecule has 2 nitrogen and oxygen atoms in total. The zero-order valence-corrected chi connectivity index (χ0v) is 17.1. The van der Waals surface area contributed by atoms with Crippen LogP contribution in [0.15, 0.2) is 30.3 Å². The molecule has 1 aliphatic heterocycles. The second kappa shape index (κ2) is 6.36. The molecule has 4 fully saturated rings. The Morgan fingerprint density at radius 2 is 1.78 bits per heavy atom. The van der Waals surface area contributed by atoms with Gasteiger partial charge < -0.3 is 4.90 Å². The van der Waals surface area contributed by atoms with Crippen LogP contribution in [-0.2, 0) is 11.3 Å². The third-order valence-corrected chi connectivity index (χ3v) is 9.37. The number of carbonyl (C=O) groups is 1. The Balaban J connectivity index is 1.43. The molecule has 1 aromatic rings. The first-order valence-corrected chi connectivity index (χ1v) is 11.3. The molecule has 0 aromatic heterocycles. The molecule has 27 heavy (non-hydrogen) atoms. The average Bonchev–Trinajstić information content (AvgIpc) is 3.07. The van der Waals surface area contributed by atoms with Crippen LogP contribution < -0.4 is 0 Å². The lowest BCUT2D eigenvalue weighted by atomic mass is 9.47. The maximum atomic E-state index is 12.9. The van der Waals surface area contributed by atoms with Crippen molar-refractivity contribution in [2.75, 3.05) is 0 Å². The first kappa shape index (κ1) is 17.8.